The smallest absolute Gasteiger partial charge is 0.430 e. The van der Waals surface area contributed by atoms with Crippen LogP contribution in [0.4, 0.5) is 30.2 Å². The summed E-state index contributed by atoms with van der Waals surface area (Å²) in [5.74, 6) is -0.0943. The van der Waals surface area contributed by atoms with E-state index in [4.69, 9.17) is 9.90 Å². The van der Waals surface area contributed by atoms with Gasteiger partial charge in [-0.25, -0.2) is 0 Å². The molecule has 4 aliphatic rings. The quantitative estimate of drug-likeness (QED) is 0.439. The van der Waals surface area contributed by atoms with Crippen LogP contribution in [-0.2, 0) is 10.3 Å². The van der Waals surface area contributed by atoms with Crippen molar-refractivity contribution in [2.45, 2.75) is 50.2 Å². The van der Waals surface area contributed by atoms with E-state index in [1.54, 1.807) is 0 Å². The Kier molecular flexibility index (Phi) is 6.49. The summed E-state index contributed by atoms with van der Waals surface area (Å²) in [6.07, 6.45) is 8.19. The minimum atomic E-state index is -5.19. The van der Waals surface area contributed by atoms with Crippen LogP contribution < -0.4 is 14.6 Å². The number of hydrogen-bond acceptors (Lipinski definition) is 3. The lowest BCUT2D eigenvalue weighted by atomic mass is 9.53. The highest BCUT2D eigenvalue weighted by Crippen LogP contribution is 2.56. The van der Waals surface area contributed by atoms with E-state index < -0.39 is 12.1 Å². The Morgan fingerprint density at radius 2 is 1.11 bits per heavy atom. The van der Waals surface area contributed by atoms with E-state index in [0.717, 1.165) is 17.8 Å². The van der Waals surface area contributed by atoms with Gasteiger partial charge in [0.15, 0.2) is 17.9 Å². The van der Waals surface area contributed by atoms with Crippen molar-refractivity contribution < 1.29 is 27.6 Å². The summed E-state index contributed by atoms with van der Waals surface area (Å²) in [6, 6.07) is 26.0. The van der Waals surface area contributed by atoms with Crippen LogP contribution in [0, 0.1) is 17.8 Å². The highest BCUT2D eigenvalue weighted by molar-refractivity contribution is 5.75. The number of pyridine rings is 1. The van der Waals surface area contributed by atoms with Crippen molar-refractivity contribution in [3.05, 3.63) is 85.2 Å². The summed E-state index contributed by atoms with van der Waals surface area (Å²) in [4.78, 5) is 11.1. The molecule has 3 aromatic rings. The summed E-state index contributed by atoms with van der Waals surface area (Å²) >= 11 is 0. The van der Waals surface area contributed by atoms with Gasteiger partial charge in [0.05, 0.1) is 5.69 Å². The Hall–Kier alpha value is -3.35. The number of carbonyl (C=O) groups is 1. The lowest BCUT2D eigenvalue weighted by molar-refractivity contribution is -0.776. The van der Waals surface area contributed by atoms with Crippen LogP contribution in [0.5, 0.6) is 0 Å². The van der Waals surface area contributed by atoms with Crippen LogP contribution in [0.15, 0.2) is 85.2 Å². The lowest BCUT2D eigenvalue weighted by Crippen LogP contribution is -2.64. The molecule has 7 rings (SSSR count). The van der Waals surface area contributed by atoms with Gasteiger partial charge in [-0.05, 0) is 61.3 Å². The Labute approximate surface area is 209 Å². The largest absolute Gasteiger partial charge is 0.542 e. The Morgan fingerprint density at radius 1 is 0.750 bits per heavy atom. The Balaban J connectivity index is 0.000000338. The zero-order valence-electron chi connectivity index (χ0n) is 19.9. The van der Waals surface area contributed by atoms with Crippen LogP contribution in [-0.4, -0.2) is 12.1 Å². The van der Waals surface area contributed by atoms with E-state index in [1.807, 2.05) is 0 Å². The van der Waals surface area contributed by atoms with Gasteiger partial charge in [0, 0.05) is 42.8 Å². The van der Waals surface area contributed by atoms with Crippen molar-refractivity contribution in [2.75, 3.05) is 4.90 Å². The monoisotopic (exact) mass is 494 g/mol. The highest BCUT2D eigenvalue weighted by Gasteiger charge is 2.56. The average Bonchev–Trinajstić information content (AvgIpc) is 2.85. The molecule has 0 radical (unpaired) electrons. The number of rotatable bonds is 4. The second kappa shape index (κ2) is 9.60. The summed E-state index contributed by atoms with van der Waals surface area (Å²) in [5, 5.41) is 8.78. The van der Waals surface area contributed by atoms with Crippen molar-refractivity contribution >= 4 is 23.0 Å². The standard InChI is InChI=1S/C27H29N2.C2HF3O2/c1-3-7-24(8-4-1)29(25-9-5-2-6-10-25)26-11-13-28(14-12-26)27-18-21-15-22(19-27)17-23(16-21)20-27;3-2(4,5)1(6)7/h1-14,21-23H,15-20H2;(H,6,7)/q+1;/p-1. The summed E-state index contributed by atoms with van der Waals surface area (Å²) < 4.78 is 34.1. The molecule has 4 saturated carbocycles. The molecule has 0 saturated heterocycles. The third kappa shape index (κ3) is 4.97. The number of carboxylic acids is 1. The first-order chi connectivity index (χ1) is 17.2. The molecule has 7 heteroatoms. The van der Waals surface area contributed by atoms with Gasteiger partial charge >= 0.3 is 6.18 Å². The fourth-order valence-corrected chi connectivity index (χ4v) is 6.87. The molecule has 0 spiro atoms. The van der Waals surface area contributed by atoms with Gasteiger partial charge in [0.1, 0.15) is 5.97 Å². The van der Waals surface area contributed by atoms with Crippen molar-refractivity contribution in [3.8, 4) is 0 Å². The molecule has 0 unspecified atom stereocenters. The van der Waals surface area contributed by atoms with Gasteiger partial charge in [-0.1, -0.05) is 36.4 Å². The van der Waals surface area contributed by atoms with E-state index in [0.29, 0.717) is 5.54 Å². The number of aromatic nitrogens is 1. The van der Waals surface area contributed by atoms with E-state index in [1.165, 1.54) is 55.6 Å². The predicted octanol–water partition coefficient (Wildman–Crippen LogP) is 5.67. The molecule has 0 amide bonds. The molecule has 0 atom stereocenters. The molecular formula is C29H29F3N2O2. The molecule has 4 aliphatic carbocycles. The number of benzene rings is 2. The molecule has 188 valence electrons. The number of nitrogens with zero attached hydrogens (tertiary/aromatic N) is 2. The third-order valence-corrected chi connectivity index (χ3v) is 7.88. The van der Waals surface area contributed by atoms with Crippen molar-refractivity contribution in [1.82, 2.24) is 0 Å². The summed E-state index contributed by atoms with van der Waals surface area (Å²) in [6.45, 7) is 0. The molecule has 4 bridgehead atoms. The highest BCUT2D eigenvalue weighted by atomic mass is 19.4. The first-order valence-electron chi connectivity index (χ1n) is 12.4. The number of anilines is 3. The molecular weight excluding hydrogens is 465 g/mol. The van der Waals surface area contributed by atoms with Gasteiger partial charge in [-0.3, -0.25) is 0 Å². The lowest BCUT2D eigenvalue weighted by Gasteiger charge is -2.53. The topological polar surface area (TPSA) is 47.2 Å². The van der Waals surface area contributed by atoms with E-state index in [-0.39, 0.29) is 0 Å². The Bertz CT molecular complexity index is 1110. The summed E-state index contributed by atoms with van der Waals surface area (Å²) in [7, 11) is 0. The zero-order chi connectivity index (χ0) is 25.3. The first kappa shape index (κ1) is 24.3. The average molecular weight is 495 g/mol. The van der Waals surface area contributed by atoms with Gasteiger partial charge in [0.25, 0.3) is 0 Å². The number of hydrogen-bond donors (Lipinski definition) is 0. The van der Waals surface area contributed by atoms with Crippen LogP contribution in [0.25, 0.3) is 0 Å². The Morgan fingerprint density at radius 3 is 1.47 bits per heavy atom. The van der Waals surface area contributed by atoms with Gasteiger partial charge < -0.3 is 14.8 Å². The fourth-order valence-electron chi connectivity index (χ4n) is 6.87. The third-order valence-electron chi connectivity index (χ3n) is 7.88. The minimum absolute atomic E-state index is 0.387. The van der Waals surface area contributed by atoms with Crippen molar-refractivity contribution in [3.63, 3.8) is 0 Å². The van der Waals surface area contributed by atoms with Gasteiger partial charge in [-0.15, -0.1) is 0 Å². The predicted molar refractivity (Wildman–Crippen MR) is 129 cm³/mol. The normalized spacial score (nSPS) is 26.1. The molecule has 36 heavy (non-hydrogen) atoms. The second-order valence-electron chi connectivity index (χ2n) is 10.4. The fraction of sp³-hybridized carbons (Fsp3) is 0.379. The first-order valence-corrected chi connectivity index (χ1v) is 12.4. The number of carbonyl (C=O) groups excluding carboxylic acids is 1. The second-order valence-corrected chi connectivity index (χ2v) is 10.4. The molecule has 0 N–H and O–H groups in total. The SMILES string of the molecule is O=C([O-])C(F)(F)F.c1ccc(N(c2ccccc2)c2cc[n+](C34CC5CC(CC(C5)C3)C4)cc2)cc1. The van der Waals surface area contributed by atoms with Gasteiger partial charge in [-0.2, -0.15) is 17.7 Å². The number of aliphatic carboxylic acids is 1. The molecule has 0 aliphatic heterocycles. The van der Waals surface area contributed by atoms with E-state index >= 15 is 0 Å². The van der Waals surface area contributed by atoms with Crippen LogP contribution >= 0.6 is 0 Å². The number of para-hydroxylation sites is 2. The van der Waals surface area contributed by atoms with Crippen molar-refractivity contribution in [2.24, 2.45) is 17.8 Å². The minimum Gasteiger partial charge on any atom is -0.542 e. The summed E-state index contributed by atoms with van der Waals surface area (Å²) in [5.41, 5.74) is 4.01. The zero-order valence-corrected chi connectivity index (χ0v) is 19.9. The maximum atomic E-state index is 10.5. The maximum absolute atomic E-state index is 10.5. The number of alkyl halides is 3. The number of halogens is 3. The molecule has 4 fully saturated rings. The molecule has 4 nitrogen and oxygen atoms in total. The molecule has 1 aromatic heterocycles. The van der Waals surface area contributed by atoms with Crippen molar-refractivity contribution in [1.29, 1.82) is 0 Å². The maximum Gasteiger partial charge on any atom is 0.430 e. The molecule has 1 heterocycles. The van der Waals surface area contributed by atoms with E-state index in [9.17, 15) is 13.2 Å². The van der Waals surface area contributed by atoms with Gasteiger partial charge in [0.2, 0.25) is 0 Å². The van der Waals surface area contributed by atoms with Crippen LogP contribution in [0.1, 0.15) is 38.5 Å². The molecule has 2 aromatic carbocycles. The van der Waals surface area contributed by atoms with E-state index in [2.05, 4.69) is 94.7 Å². The number of carboxylic acid groups (broad SMARTS) is 1. The van der Waals surface area contributed by atoms with Crippen LogP contribution in [0.2, 0.25) is 0 Å². The van der Waals surface area contributed by atoms with Crippen LogP contribution in [0.3, 0.4) is 0 Å².